The second-order valence-electron chi connectivity index (χ2n) is 5.78. The van der Waals surface area contributed by atoms with Gasteiger partial charge >= 0.3 is 0 Å². The number of carbonyl (C=O) groups is 2. The molecule has 2 saturated heterocycles. The van der Waals surface area contributed by atoms with E-state index < -0.39 is 0 Å². The summed E-state index contributed by atoms with van der Waals surface area (Å²) < 4.78 is 5.26. The molecule has 0 saturated carbocycles. The number of likely N-dealkylation sites (tertiary alicyclic amines) is 1. The fraction of sp³-hybridized carbons (Fsp3) is 0.867. The number of rotatable bonds is 6. The highest BCUT2D eigenvalue weighted by Crippen LogP contribution is 2.11. The first-order chi connectivity index (χ1) is 10.3. The minimum Gasteiger partial charge on any atom is -0.379 e. The molecule has 2 amide bonds. The van der Waals surface area contributed by atoms with Gasteiger partial charge in [-0.1, -0.05) is 6.42 Å². The van der Waals surface area contributed by atoms with Crippen LogP contribution in [0.15, 0.2) is 0 Å². The Labute approximate surface area is 126 Å². The van der Waals surface area contributed by atoms with Crippen LogP contribution in [0.4, 0.5) is 0 Å². The molecule has 0 atom stereocenters. The second kappa shape index (κ2) is 9.00. The number of hydrogen-bond donors (Lipinski definition) is 1. The smallest absolute Gasteiger partial charge is 0.234 e. The van der Waals surface area contributed by atoms with Crippen molar-refractivity contribution in [3.63, 3.8) is 0 Å². The number of amides is 2. The van der Waals surface area contributed by atoms with E-state index in [1.807, 2.05) is 4.90 Å². The normalized spacial score (nSPS) is 21.1. The van der Waals surface area contributed by atoms with Gasteiger partial charge in [-0.05, 0) is 19.3 Å². The van der Waals surface area contributed by atoms with Crippen LogP contribution in [-0.4, -0.2) is 74.1 Å². The van der Waals surface area contributed by atoms with E-state index in [0.29, 0.717) is 32.7 Å². The molecular formula is C15H27N3O3. The summed E-state index contributed by atoms with van der Waals surface area (Å²) in [6.07, 6.45) is 4.79. The predicted molar refractivity (Wildman–Crippen MR) is 79.9 cm³/mol. The third-order valence-electron chi connectivity index (χ3n) is 4.07. The average molecular weight is 297 g/mol. The molecule has 2 aliphatic heterocycles. The number of morpholine rings is 1. The quantitative estimate of drug-likeness (QED) is 0.713. The van der Waals surface area contributed by atoms with Crippen LogP contribution in [0.3, 0.4) is 0 Å². The van der Waals surface area contributed by atoms with Crippen LogP contribution in [0.1, 0.15) is 32.1 Å². The SMILES string of the molecule is O=C(CN1CCOCC1)NCCCN1CCCCCC1=O. The van der Waals surface area contributed by atoms with Crippen molar-refractivity contribution in [1.82, 2.24) is 15.1 Å². The van der Waals surface area contributed by atoms with Crippen LogP contribution in [0.2, 0.25) is 0 Å². The van der Waals surface area contributed by atoms with Gasteiger partial charge in [-0.25, -0.2) is 0 Å². The molecule has 1 N–H and O–H groups in total. The number of carbonyl (C=O) groups excluding carboxylic acids is 2. The van der Waals surface area contributed by atoms with Gasteiger partial charge in [0.2, 0.25) is 11.8 Å². The maximum Gasteiger partial charge on any atom is 0.234 e. The molecule has 6 heteroatoms. The first-order valence-electron chi connectivity index (χ1n) is 8.10. The van der Waals surface area contributed by atoms with Gasteiger partial charge in [-0.2, -0.15) is 0 Å². The van der Waals surface area contributed by atoms with E-state index in [0.717, 1.165) is 51.9 Å². The first-order valence-corrected chi connectivity index (χ1v) is 8.10. The zero-order valence-corrected chi connectivity index (χ0v) is 12.8. The monoisotopic (exact) mass is 297 g/mol. The Morgan fingerprint density at radius 3 is 2.76 bits per heavy atom. The third-order valence-corrected chi connectivity index (χ3v) is 4.07. The number of nitrogens with one attached hydrogen (secondary N) is 1. The molecule has 120 valence electrons. The Kier molecular flexibility index (Phi) is 6.95. The summed E-state index contributed by atoms with van der Waals surface area (Å²) in [5, 5.41) is 2.94. The Morgan fingerprint density at radius 1 is 1.14 bits per heavy atom. The fourth-order valence-corrected chi connectivity index (χ4v) is 2.79. The molecule has 0 radical (unpaired) electrons. The molecule has 2 rings (SSSR count). The average Bonchev–Trinajstić information content (AvgIpc) is 2.69. The third kappa shape index (κ3) is 6.01. The summed E-state index contributed by atoms with van der Waals surface area (Å²) in [6.45, 7) is 5.82. The maximum absolute atomic E-state index is 11.8. The molecular weight excluding hydrogens is 270 g/mol. The molecule has 2 heterocycles. The maximum atomic E-state index is 11.8. The van der Waals surface area contributed by atoms with Gasteiger partial charge in [0, 0.05) is 39.1 Å². The van der Waals surface area contributed by atoms with Gasteiger partial charge in [0.1, 0.15) is 0 Å². The molecule has 2 aliphatic rings. The van der Waals surface area contributed by atoms with Gasteiger partial charge in [0.25, 0.3) is 0 Å². The fourth-order valence-electron chi connectivity index (χ4n) is 2.79. The summed E-state index contributed by atoms with van der Waals surface area (Å²) in [7, 11) is 0. The van der Waals surface area contributed by atoms with Crippen molar-refractivity contribution in [3.8, 4) is 0 Å². The van der Waals surface area contributed by atoms with Crippen molar-refractivity contribution < 1.29 is 14.3 Å². The molecule has 6 nitrogen and oxygen atoms in total. The molecule has 0 aromatic carbocycles. The topological polar surface area (TPSA) is 61.9 Å². The molecule has 0 aromatic rings. The van der Waals surface area contributed by atoms with Crippen LogP contribution in [0.25, 0.3) is 0 Å². The number of ether oxygens (including phenoxy) is 1. The highest BCUT2D eigenvalue weighted by Gasteiger charge is 2.16. The largest absolute Gasteiger partial charge is 0.379 e. The number of hydrogen-bond acceptors (Lipinski definition) is 4. The summed E-state index contributed by atoms with van der Waals surface area (Å²) in [5.41, 5.74) is 0. The zero-order valence-electron chi connectivity index (χ0n) is 12.8. The minimum atomic E-state index is 0.0686. The van der Waals surface area contributed by atoms with Crippen molar-refractivity contribution in [2.45, 2.75) is 32.1 Å². The highest BCUT2D eigenvalue weighted by atomic mass is 16.5. The molecule has 0 spiro atoms. The van der Waals surface area contributed by atoms with Crippen LogP contribution < -0.4 is 5.32 Å². The predicted octanol–water partition coefficient (Wildman–Crippen LogP) is 0.228. The van der Waals surface area contributed by atoms with E-state index in [2.05, 4.69) is 10.2 Å². The van der Waals surface area contributed by atoms with Crippen molar-refractivity contribution in [2.75, 3.05) is 52.5 Å². The van der Waals surface area contributed by atoms with E-state index in [1.165, 1.54) is 0 Å². The number of nitrogens with zero attached hydrogens (tertiary/aromatic N) is 2. The van der Waals surface area contributed by atoms with Crippen molar-refractivity contribution in [2.24, 2.45) is 0 Å². The molecule has 0 aliphatic carbocycles. The van der Waals surface area contributed by atoms with Crippen molar-refractivity contribution >= 4 is 11.8 Å². The van der Waals surface area contributed by atoms with Crippen molar-refractivity contribution in [1.29, 1.82) is 0 Å². The lowest BCUT2D eigenvalue weighted by atomic mass is 10.2. The van der Waals surface area contributed by atoms with Gasteiger partial charge in [0.05, 0.1) is 19.8 Å². The summed E-state index contributed by atoms with van der Waals surface area (Å²) >= 11 is 0. The molecule has 21 heavy (non-hydrogen) atoms. The molecule has 2 fully saturated rings. The summed E-state index contributed by atoms with van der Waals surface area (Å²) in [5.74, 6) is 0.339. The lowest BCUT2D eigenvalue weighted by molar-refractivity contribution is -0.130. The Hall–Kier alpha value is -1.14. The molecule has 0 unspecified atom stereocenters. The summed E-state index contributed by atoms with van der Waals surface area (Å²) in [6, 6.07) is 0. The van der Waals surface area contributed by atoms with Gasteiger partial charge in [-0.15, -0.1) is 0 Å². The van der Waals surface area contributed by atoms with Crippen LogP contribution >= 0.6 is 0 Å². The van der Waals surface area contributed by atoms with E-state index in [-0.39, 0.29) is 11.8 Å². The minimum absolute atomic E-state index is 0.0686. The zero-order chi connectivity index (χ0) is 14.9. The van der Waals surface area contributed by atoms with E-state index >= 15 is 0 Å². The first kappa shape index (κ1) is 16.2. The molecule has 0 aromatic heterocycles. The Balaban J connectivity index is 1.55. The van der Waals surface area contributed by atoms with Crippen LogP contribution in [0, 0.1) is 0 Å². The van der Waals surface area contributed by atoms with Crippen LogP contribution in [-0.2, 0) is 14.3 Å². The lowest BCUT2D eigenvalue weighted by Gasteiger charge is -2.26. The molecule has 0 bridgehead atoms. The van der Waals surface area contributed by atoms with E-state index in [9.17, 15) is 9.59 Å². The van der Waals surface area contributed by atoms with Crippen LogP contribution in [0.5, 0.6) is 0 Å². The van der Waals surface area contributed by atoms with Gasteiger partial charge < -0.3 is 15.0 Å². The Bertz CT molecular complexity index is 343. The van der Waals surface area contributed by atoms with Gasteiger partial charge in [-0.3, -0.25) is 14.5 Å². The Morgan fingerprint density at radius 2 is 1.95 bits per heavy atom. The second-order valence-corrected chi connectivity index (χ2v) is 5.78. The lowest BCUT2D eigenvalue weighted by Crippen LogP contribution is -2.43. The van der Waals surface area contributed by atoms with Gasteiger partial charge in [0.15, 0.2) is 0 Å². The summed E-state index contributed by atoms with van der Waals surface area (Å²) in [4.78, 5) is 27.7. The van der Waals surface area contributed by atoms with E-state index in [1.54, 1.807) is 0 Å². The standard InChI is InChI=1S/C15H27N3O3/c19-14(13-17-9-11-21-12-10-17)16-6-4-8-18-7-3-1-2-5-15(18)20/h1-13H2,(H,16,19). The highest BCUT2D eigenvalue weighted by molar-refractivity contribution is 5.78. The van der Waals surface area contributed by atoms with E-state index in [4.69, 9.17) is 4.74 Å². The van der Waals surface area contributed by atoms with Crippen molar-refractivity contribution in [3.05, 3.63) is 0 Å².